The van der Waals surface area contributed by atoms with Crippen LogP contribution in [0.3, 0.4) is 0 Å². The molecule has 2 aromatic heterocycles. The molecule has 10 aromatic rings. The number of furan rings is 1. The van der Waals surface area contributed by atoms with E-state index >= 15 is 0 Å². The molecule has 5 heteroatoms. The van der Waals surface area contributed by atoms with Crippen molar-refractivity contribution in [2.75, 3.05) is 4.90 Å². The van der Waals surface area contributed by atoms with Crippen LogP contribution in [0.1, 0.15) is 0 Å². The molecule has 0 radical (unpaired) electrons. The lowest BCUT2D eigenvalue weighted by Crippen LogP contribution is -2.10. The van der Waals surface area contributed by atoms with Crippen LogP contribution in [0.15, 0.2) is 211 Å². The van der Waals surface area contributed by atoms with E-state index in [-0.39, 0.29) is 0 Å². The molecule has 0 aliphatic carbocycles. The Balaban J connectivity index is 1.14. The Labute approximate surface area is 324 Å². The summed E-state index contributed by atoms with van der Waals surface area (Å²) in [6.07, 6.45) is 0. The monoisotopic (exact) mass is 718 g/mol. The number of hydrogen-bond donors (Lipinski definition) is 0. The Bertz CT molecular complexity index is 2820. The summed E-state index contributed by atoms with van der Waals surface area (Å²) in [7, 11) is 0. The van der Waals surface area contributed by atoms with E-state index in [2.05, 4.69) is 126 Å². The van der Waals surface area contributed by atoms with E-state index in [4.69, 9.17) is 19.4 Å². The minimum Gasteiger partial charge on any atom is -0.456 e. The van der Waals surface area contributed by atoms with Crippen molar-refractivity contribution in [2.24, 2.45) is 0 Å². The molecule has 0 atom stereocenters. The number of nitrogens with zero attached hydrogens (tertiary/aromatic N) is 4. The molecule has 56 heavy (non-hydrogen) atoms. The summed E-state index contributed by atoms with van der Waals surface area (Å²) in [4.78, 5) is 17.3. The molecular weight excluding hydrogens is 685 g/mol. The van der Waals surface area contributed by atoms with Crippen LogP contribution >= 0.6 is 0 Å². The van der Waals surface area contributed by atoms with Crippen molar-refractivity contribution in [2.45, 2.75) is 0 Å². The van der Waals surface area contributed by atoms with Crippen LogP contribution in [-0.4, -0.2) is 15.0 Å². The summed E-state index contributed by atoms with van der Waals surface area (Å²) in [6, 6.07) is 71.1. The maximum atomic E-state index is 6.70. The van der Waals surface area contributed by atoms with E-state index in [0.29, 0.717) is 17.5 Å². The largest absolute Gasteiger partial charge is 0.456 e. The zero-order chi connectivity index (χ0) is 37.3. The first-order valence-electron chi connectivity index (χ1n) is 18.7. The van der Waals surface area contributed by atoms with Crippen molar-refractivity contribution >= 4 is 39.0 Å². The second-order valence-corrected chi connectivity index (χ2v) is 13.7. The highest BCUT2D eigenvalue weighted by Crippen LogP contribution is 2.42. The number of anilines is 3. The summed E-state index contributed by atoms with van der Waals surface area (Å²) < 4.78 is 6.70. The van der Waals surface area contributed by atoms with Gasteiger partial charge in [-0.1, -0.05) is 158 Å². The van der Waals surface area contributed by atoms with Crippen LogP contribution in [0.5, 0.6) is 0 Å². The van der Waals surface area contributed by atoms with Crippen LogP contribution in [0.25, 0.3) is 78.4 Å². The van der Waals surface area contributed by atoms with Crippen LogP contribution in [0.2, 0.25) is 0 Å². The Hall–Kier alpha value is -7.63. The molecule has 0 spiro atoms. The first kappa shape index (κ1) is 33.0. The van der Waals surface area contributed by atoms with Crippen molar-refractivity contribution in [1.29, 1.82) is 0 Å². The average molecular weight is 719 g/mol. The Kier molecular flexibility index (Phi) is 8.43. The van der Waals surface area contributed by atoms with E-state index in [1.165, 1.54) is 0 Å². The molecule has 0 fully saturated rings. The Morgan fingerprint density at radius 2 is 0.768 bits per heavy atom. The van der Waals surface area contributed by atoms with Gasteiger partial charge >= 0.3 is 0 Å². The lowest BCUT2D eigenvalue weighted by atomic mass is 10.0. The third kappa shape index (κ3) is 6.27. The summed E-state index contributed by atoms with van der Waals surface area (Å²) in [5.74, 6) is 1.83. The van der Waals surface area contributed by atoms with Crippen molar-refractivity contribution in [3.05, 3.63) is 206 Å². The van der Waals surface area contributed by atoms with E-state index in [1.54, 1.807) is 0 Å². The highest BCUT2D eigenvalue weighted by Gasteiger charge is 2.20. The molecule has 10 rings (SSSR count). The summed E-state index contributed by atoms with van der Waals surface area (Å²) in [5.41, 5.74) is 11.9. The van der Waals surface area contributed by atoms with Gasteiger partial charge in [-0.15, -0.1) is 0 Å². The van der Waals surface area contributed by atoms with Crippen molar-refractivity contribution in [3.8, 4) is 56.4 Å². The topological polar surface area (TPSA) is 55.1 Å². The van der Waals surface area contributed by atoms with E-state index in [9.17, 15) is 0 Å². The summed E-state index contributed by atoms with van der Waals surface area (Å²) in [5, 5.41) is 1.94. The molecule has 5 nitrogen and oxygen atoms in total. The highest BCUT2D eigenvalue weighted by atomic mass is 16.3. The average Bonchev–Trinajstić information content (AvgIpc) is 3.66. The van der Waals surface area contributed by atoms with Crippen LogP contribution in [-0.2, 0) is 0 Å². The van der Waals surface area contributed by atoms with Gasteiger partial charge in [0.25, 0.3) is 0 Å². The molecule has 0 saturated carbocycles. The van der Waals surface area contributed by atoms with Gasteiger partial charge in [0, 0.05) is 50.6 Å². The number of fused-ring (bicyclic) bond motifs is 3. The van der Waals surface area contributed by atoms with Gasteiger partial charge in [0.05, 0.1) is 0 Å². The molecule has 264 valence electrons. The number of benzene rings is 8. The quantitative estimate of drug-likeness (QED) is 0.157. The number of hydrogen-bond acceptors (Lipinski definition) is 5. The van der Waals surface area contributed by atoms with Crippen LogP contribution in [0, 0.1) is 0 Å². The smallest absolute Gasteiger partial charge is 0.164 e. The van der Waals surface area contributed by atoms with Crippen molar-refractivity contribution < 1.29 is 4.42 Å². The lowest BCUT2D eigenvalue weighted by Gasteiger charge is -2.26. The van der Waals surface area contributed by atoms with Crippen molar-refractivity contribution in [3.63, 3.8) is 0 Å². The number of rotatable bonds is 8. The Morgan fingerprint density at radius 3 is 1.30 bits per heavy atom. The van der Waals surface area contributed by atoms with Crippen LogP contribution in [0.4, 0.5) is 17.1 Å². The standard InChI is InChI=1S/C51H34N4O/c1-5-16-35(17-6-1)39-24-13-26-41(32-39)55(42-27-14-25-40(33-42)36-18-7-2-8-19-36)43-30-31-44-47(34-43)56-46-29-15-28-45(48(44)46)51-53-49(37-20-9-3-10-21-37)52-50(54-51)38-22-11-4-12-23-38/h1-34H. The van der Waals surface area contributed by atoms with Gasteiger partial charge in [0.15, 0.2) is 17.5 Å². The third-order valence-corrected chi connectivity index (χ3v) is 10.1. The SMILES string of the molecule is c1ccc(-c2cccc(N(c3cccc(-c4ccccc4)c3)c3ccc4c(c3)oc3cccc(-c5nc(-c6ccccc6)nc(-c6ccccc6)n5)c34)c2)cc1. The molecule has 0 bridgehead atoms. The molecule has 0 unspecified atom stereocenters. The predicted molar refractivity (Wildman–Crippen MR) is 229 cm³/mol. The predicted octanol–water partition coefficient (Wildman–Crippen LogP) is 13.6. The minimum absolute atomic E-state index is 0.590. The zero-order valence-corrected chi connectivity index (χ0v) is 30.3. The first-order chi connectivity index (χ1) is 27.7. The van der Waals surface area contributed by atoms with E-state index < -0.39 is 0 Å². The van der Waals surface area contributed by atoms with Gasteiger partial charge in [0.1, 0.15) is 11.2 Å². The molecule has 0 saturated heterocycles. The van der Waals surface area contributed by atoms with Gasteiger partial charge in [-0.25, -0.2) is 15.0 Å². The molecular formula is C51H34N4O. The normalized spacial score (nSPS) is 11.2. The van der Waals surface area contributed by atoms with Crippen molar-refractivity contribution in [1.82, 2.24) is 15.0 Å². The van der Waals surface area contributed by atoms with E-state index in [0.717, 1.165) is 77.9 Å². The summed E-state index contributed by atoms with van der Waals surface area (Å²) in [6.45, 7) is 0. The molecule has 0 aliphatic rings. The summed E-state index contributed by atoms with van der Waals surface area (Å²) >= 11 is 0. The lowest BCUT2D eigenvalue weighted by molar-refractivity contribution is 0.669. The van der Waals surface area contributed by atoms with Gasteiger partial charge in [-0.2, -0.15) is 0 Å². The maximum absolute atomic E-state index is 6.70. The van der Waals surface area contributed by atoms with Gasteiger partial charge < -0.3 is 9.32 Å². The molecule has 2 heterocycles. The second-order valence-electron chi connectivity index (χ2n) is 13.7. The fourth-order valence-corrected chi connectivity index (χ4v) is 7.43. The molecule has 0 aliphatic heterocycles. The molecule has 8 aromatic carbocycles. The molecule has 0 N–H and O–H groups in total. The second kappa shape index (κ2) is 14.3. The third-order valence-electron chi connectivity index (χ3n) is 10.1. The first-order valence-corrected chi connectivity index (χ1v) is 18.7. The fraction of sp³-hybridized carbons (Fsp3) is 0. The maximum Gasteiger partial charge on any atom is 0.164 e. The molecule has 0 amide bonds. The minimum atomic E-state index is 0.590. The van der Waals surface area contributed by atoms with Gasteiger partial charge in [-0.3, -0.25) is 0 Å². The van der Waals surface area contributed by atoms with E-state index in [1.807, 2.05) is 84.9 Å². The van der Waals surface area contributed by atoms with Crippen LogP contribution < -0.4 is 4.90 Å². The fourth-order valence-electron chi connectivity index (χ4n) is 7.43. The highest BCUT2D eigenvalue weighted by molar-refractivity contribution is 6.12. The van der Waals surface area contributed by atoms with Gasteiger partial charge in [-0.05, 0) is 64.7 Å². The zero-order valence-electron chi connectivity index (χ0n) is 30.3. The van der Waals surface area contributed by atoms with Gasteiger partial charge in [0.2, 0.25) is 0 Å². The number of aromatic nitrogens is 3. The Morgan fingerprint density at radius 1 is 0.321 bits per heavy atom.